The van der Waals surface area contributed by atoms with E-state index in [0.717, 1.165) is 12.1 Å². The molecule has 3 rings (SSSR count). The fourth-order valence-corrected chi connectivity index (χ4v) is 3.33. The van der Waals surface area contributed by atoms with Gasteiger partial charge in [0.25, 0.3) is 0 Å². The third kappa shape index (κ3) is 4.72. The van der Waals surface area contributed by atoms with Gasteiger partial charge in [0.15, 0.2) is 0 Å². The molecule has 0 aliphatic carbocycles. The molecular formula is C16H10F6N4O2S. The van der Waals surface area contributed by atoms with Crippen LogP contribution in [0.1, 0.15) is 11.5 Å². The second-order valence-corrected chi connectivity index (χ2v) is 7.95. The standard InChI is InChI=1S/C16H10F6N4O2S/c1-29(27,12-7-4-10(8-23-12)15(17,18)19)26-11-5-2-9(3-6-11)13-24-14(28-25-13)16(20,21)22/h2-8H,1H3. The molecule has 0 aliphatic heterocycles. The zero-order valence-corrected chi connectivity index (χ0v) is 15.1. The van der Waals surface area contributed by atoms with Crippen LogP contribution in [0.5, 0.6) is 0 Å². The number of nitrogens with zero attached hydrogens (tertiary/aromatic N) is 4. The van der Waals surface area contributed by atoms with Crippen molar-refractivity contribution in [2.45, 2.75) is 17.4 Å². The summed E-state index contributed by atoms with van der Waals surface area (Å²) in [5.41, 5.74) is -0.625. The van der Waals surface area contributed by atoms with Crippen molar-refractivity contribution in [3.63, 3.8) is 0 Å². The van der Waals surface area contributed by atoms with Crippen LogP contribution in [0, 0.1) is 0 Å². The van der Waals surface area contributed by atoms with Crippen LogP contribution >= 0.6 is 0 Å². The van der Waals surface area contributed by atoms with Gasteiger partial charge in [0.05, 0.1) is 21.0 Å². The van der Waals surface area contributed by atoms with Crippen LogP contribution in [0.3, 0.4) is 0 Å². The molecule has 1 unspecified atom stereocenters. The molecule has 0 aliphatic rings. The van der Waals surface area contributed by atoms with E-state index in [0.29, 0.717) is 6.20 Å². The number of benzene rings is 1. The van der Waals surface area contributed by atoms with E-state index in [2.05, 4.69) is 24.0 Å². The van der Waals surface area contributed by atoms with Gasteiger partial charge in [-0.1, -0.05) is 5.16 Å². The summed E-state index contributed by atoms with van der Waals surface area (Å²) in [4.78, 5) is 6.82. The van der Waals surface area contributed by atoms with Gasteiger partial charge in [-0.3, -0.25) is 0 Å². The average Bonchev–Trinajstić information content (AvgIpc) is 3.12. The molecule has 6 nitrogen and oxygen atoms in total. The van der Waals surface area contributed by atoms with Crippen LogP contribution in [0.2, 0.25) is 0 Å². The molecule has 0 fully saturated rings. The lowest BCUT2D eigenvalue weighted by Gasteiger charge is -2.08. The van der Waals surface area contributed by atoms with E-state index in [1.165, 1.54) is 30.5 Å². The molecule has 2 aromatic heterocycles. The number of pyridine rings is 1. The molecule has 154 valence electrons. The molecule has 0 amide bonds. The van der Waals surface area contributed by atoms with E-state index >= 15 is 0 Å². The average molecular weight is 436 g/mol. The Bertz CT molecular complexity index is 1130. The van der Waals surface area contributed by atoms with Crippen molar-refractivity contribution in [1.29, 1.82) is 0 Å². The minimum Gasteiger partial charge on any atom is -0.329 e. The van der Waals surface area contributed by atoms with Gasteiger partial charge in [-0.2, -0.15) is 35.7 Å². The maximum absolute atomic E-state index is 12.7. The van der Waals surface area contributed by atoms with Crippen LogP contribution in [0.4, 0.5) is 32.0 Å². The van der Waals surface area contributed by atoms with Crippen molar-refractivity contribution >= 4 is 15.4 Å². The Balaban J connectivity index is 1.86. The van der Waals surface area contributed by atoms with Crippen LogP contribution in [-0.4, -0.2) is 25.6 Å². The lowest BCUT2D eigenvalue weighted by atomic mass is 10.2. The normalized spacial score (nSPS) is 14.4. The van der Waals surface area contributed by atoms with Gasteiger partial charge in [0.2, 0.25) is 5.82 Å². The van der Waals surface area contributed by atoms with E-state index in [-0.39, 0.29) is 22.1 Å². The van der Waals surface area contributed by atoms with Gasteiger partial charge < -0.3 is 4.52 Å². The summed E-state index contributed by atoms with van der Waals surface area (Å²) in [6.45, 7) is 0. The first-order valence-electron chi connectivity index (χ1n) is 7.63. The van der Waals surface area contributed by atoms with E-state index in [9.17, 15) is 30.6 Å². The Labute approximate surface area is 159 Å². The van der Waals surface area contributed by atoms with Crippen molar-refractivity contribution in [3.05, 3.63) is 54.0 Å². The fraction of sp³-hybridized carbons (Fsp3) is 0.188. The Morgan fingerprint density at radius 1 is 0.966 bits per heavy atom. The molecule has 0 saturated carbocycles. The van der Waals surface area contributed by atoms with E-state index in [1.54, 1.807) is 0 Å². The van der Waals surface area contributed by atoms with Crippen LogP contribution in [0.15, 0.2) is 56.5 Å². The maximum atomic E-state index is 12.7. The minimum atomic E-state index is -4.77. The molecule has 29 heavy (non-hydrogen) atoms. The summed E-state index contributed by atoms with van der Waals surface area (Å²) in [6.07, 6.45) is -7.59. The Hall–Kier alpha value is -2.96. The van der Waals surface area contributed by atoms with Gasteiger partial charge >= 0.3 is 18.2 Å². The molecule has 1 aromatic carbocycles. The zero-order valence-electron chi connectivity index (χ0n) is 14.3. The second-order valence-electron chi connectivity index (χ2n) is 5.74. The van der Waals surface area contributed by atoms with Gasteiger partial charge in [0.1, 0.15) is 5.03 Å². The monoisotopic (exact) mass is 436 g/mol. The molecule has 13 heteroatoms. The smallest absolute Gasteiger partial charge is 0.329 e. The van der Waals surface area contributed by atoms with Crippen LogP contribution in [-0.2, 0) is 22.1 Å². The van der Waals surface area contributed by atoms with Crippen molar-refractivity contribution in [2.75, 3.05) is 6.26 Å². The summed E-state index contributed by atoms with van der Waals surface area (Å²) in [5, 5.41) is 3.09. The third-order valence-corrected chi connectivity index (χ3v) is 5.10. The first kappa shape index (κ1) is 20.8. The van der Waals surface area contributed by atoms with Gasteiger partial charge in [-0.05, 0) is 36.4 Å². The predicted octanol–water partition coefficient (Wildman–Crippen LogP) is 4.96. The Kier molecular flexibility index (Phi) is 5.11. The fourth-order valence-electron chi connectivity index (χ4n) is 2.15. The van der Waals surface area contributed by atoms with Crippen molar-refractivity contribution in [2.24, 2.45) is 4.36 Å². The highest BCUT2D eigenvalue weighted by Crippen LogP contribution is 2.31. The predicted molar refractivity (Wildman–Crippen MR) is 88.4 cm³/mol. The minimum absolute atomic E-state index is 0.150. The van der Waals surface area contributed by atoms with E-state index < -0.39 is 33.5 Å². The molecule has 0 spiro atoms. The number of hydrogen-bond donors (Lipinski definition) is 0. The lowest BCUT2D eigenvalue weighted by Crippen LogP contribution is -2.07. The summed E-state index contributed by atoms with van der Waals surface area (Å²) < 4.78 is 96.1. The lowest BCUT2D eigenvalue weighted by molar-refractivity contribution is -0.159. The topological polar surface area (TPSA) is 81.2 Å². The summed E-state index contributed by atoms with van der Waals surface area (Å²) >= 11 is 0. The molecule has 0 radical (unpaired) electrons. The SMILES string of the molecule is CS(=O)(=Nc1ccc(-c2noc(C(F)(F)F)n2)cc1)c1ccc(C(F)(F)F)cn1. The number of hydrogen-bond acceptors (Lipinski definition) is 6. The van der Waals surface area contributed by atoms with Crippen molar-refractivity contribution in [1.82, 2.24) is 15.1 Å². The highest BCUT2D eigenvalue weighted by atomic mass is 32.2. The molecule has 2 heterocycles. The summed E-state index contributed by atoms with van der Waals surface area (Å²) in [7, 11) is -3.17. The molecular weight excluding hydrogens is 426 g/mol. The molecule has 0 bridgehead atoms. The largest absolute Gasteiger partial charge is 0.471 e. The van der Waals surface area contributed by atoms with Crippen LogP contribution in [0.25, 0.3) is 11.4 Å². The van der Waals surface area contributed by atoms with E-state index in [1.807, 2.05) is 0 Å². The third-order valence-electron chi connectivity index (χ3n) is 3.53. The Morgan fingerprint density at radius 3 is 2.10 bits per heavy atom. The zero-order chi connectivity index (χ0) is 21.4. The molecule has 0 N–H and O–H groups in total. The summed E-state index contributed by atoms with van der Waals surface area (Å²) in [5.74, 6) is -1.79. The second kappa shape index (κ2) is 7.13. The summed E-state index contributed by atoms with van der Waals surface area (Å²) in [6, 6.07) is 7.07. The Morgan fingerprint density at radius 2 is 1.62 bits per heavy atom. The number of aromatic nitrogens is 3. The quantitative estimate of drug-likeness (QED) is 0.543. The van der Waals surface area contributed by atoms with Gasteiger partial charge in [0, 0.05) is 18.0 Å². The molecule has 0 saturated heterocycles. The first-order valence-corrected chi connectivity index (χ1v) is 9.55. The first-order chi connectivity index (χ1) is 13.4. The highest BCUT2D eigenvalue weighted by molar-refractivity contribution is 7.93. The number of halogens is 6. The molecule has 3 aromatic rings. The number of alkyl halides is 6. The number of rotatable bonds is 3. The van der Waals surface area contributed by atoms with Crippen molar-refractivity contribution in [3.8, 4) is 11.4 Å². The van der Waals surface area contributed by atoms with Gasteiger partial charge in [-0.25, -0.2) is 9.19 Å². The van der Waals surface area contributed by atoms with Gasteiger partial charge in [-0.15, -0.1) is 0 Å². The van der Waals surface area contributed by atoms with E-state index in [4.69, 9.17) is 0 Å². The molecule has 1 atom stereocenters. The van der Waals surface area contributed by atoms with Crippen molar-refractivity contribution < 1.29 is 35.1 Å². The highest BCUT2D eigenvalue weighted by Gasteiger charge is 2.38. The van der Waals surface area contributed by atoms with Crippen LogP contribution < -0.4 is 0 Å². The maximum Gasteiger partial charge on any atom is 0.471 e.